The normalized spacial score (nSPS) is 13.2. The summed E-state index contributed by atoms with van der Waals surface area (Å²) in [5.41, 5.74) is 1.26. The SMILES string of the molecule is CN=C(NCc1ccn(C)c1)NCC(C)Cc1cccs1. The number of aryl methyl sites for hydroxylation is 1. The maximum absolute atomic E-state index is 4.27. The monoisotopic (exact) mass is 304 g/mol. The number of nitrogens with one attached hydrogen (secondary N) is 2. The van der Waals surface area contributed by atoms with Crippen LogP contribution in [-0.4, -0.2) is 24.1 Å². The van der Waals surface area contributed by atoms with Crippen molar-refractivity contribution in [1.82, 2.24) is 15.2 Å². The van der Waals surface area contributed by atoms with Crippen LogP contribution in [0.25, 0.3) is 0 Å². The van der Waals surface area contributed by atoms with Crippen molar-refractivity contribution in [3.8, 4) is 0 Å². The van der Waals surface area contributed by atoms with Gasteiger partial charge in [-0.2, -0.15) is 0 Å². The van der Waals surface area contributed by atoms with Crippen molar-refractivity contribution in [2.24, 2.45) is 18.0 Å². The second kappa shape index (κ2) is 7.88. The van der Waals surface area contributed by atoms with Crippen LogP contribution in [-0.2, 0) is 20.0 Å². The van der Waals surface area contributed by atoms with Crippen LogP contribution in [0.4, 0.5) is 0 Å². The van der Waals surface area contributed by atoms with E-state index in [2.05, 4.69) is 63.1 Å². The standard InChI is InChI=1S/C16H24N4S/c1-13(9-15-5-4-8-21-15)10-18-16(17-2)19-11-14-6-7-20(3)12-14/h4-8,12-13H,9-11H2,1-3H3,(H2,17,18,19). The van der Waals surface area contributed by atoms with Gasteiger partial charge in [-0.25, -0.2) is 0 Å². The van der Waals surface area contributed by atoms with E-state index in [1.54, 1.807) is 0 Å². The van der Waals surface area contributed by atoms with Gasteiger partial charge in [0.25, 0.3) is 0 Å². The van der Waals surface area contributed by atoms with Gasteiger partial charge in [-0.05, 0) is 35.4 Å². The lowest BCUT2D eigenvalue weighted by Crippen LogP contribution is -2.39. The number of rotatable bonds is 6. The van der Waals surface area contributed by atoms with Crippen LogP contribution in [0.5, 0.6) is 0 Å². The first kappa shape index (κ1) is 15.6. The summed E-state index contributed by atoms with van der Waals surface area (Å²) in [6.45, 7) is 3.98. The number of thiophene rings is 1. The first-order valence-electron chi connectivity index (χ1n) is 7.25. The number of nitrogens with zero attached hydrogens (tertiary/aromatic N) is 2. The molecule has 0 aliphatic heterocycles. The van der Waals surface area contributed by atoms with Crippen LogP contribution in [0.15, 0.2) is 41.0 Å². The molecular weight excluding hydrogens is 280 g/mol. The average molecular weight is 304 g/mol. The zero-order valence-electron chi connectivity index (χ0n) is 13.0. The number of hydrogen-bond donors (Lipinski definition) is 2. The van der Waals surface area contributed by atoms with Crippen molar-refractivity contribution in [3.63, 3.8) is 0 Å². The van der Waals surface area contributed by atoms with Crippen LogP contribution >= 0.6 is 11.3 Å². The van der Waals surface area contributed by atoms with E-state index < -0.39 is 0 Å². The van der Waals surface area contributed by atoms with Gasteiger partial charge < -0.3 is 15.2 Å². The van der Waals surface area contributed by atoms with Gasteiger partial charge in [0.2, 0.25) is 0 Å². The molecule has 0 amide bonds. The van der Waals surface area contributed by atoms with Crippen molar-refractivity contribution in [2.45, 2.75) is 19.9 Å². The van der Waals surface area contributed by atoms with Gasteiger partial charge in [0.15, 0.2) is 5.96 Å². The van der Waals surface area contributed by atoms with Crippen molar-refractivity contribution in [1.29, 1.82) is 0 Å². The second-order valence-corrected chi connectivity index (χ2v) is 6.41. The molecule has 114 valence electrons. The molecule has 0 saturated heterocycles. The van der Waals surface area contributed by atoms with Gasteiger partial charge in [0, 0.05) is 44.5 Å². The van der Waals surface area contributed by atoms with Crippen molar-refractivity contribution in [3.05, 3.63) is 46.4 Å². The molecule has 2 aromatic heterocycles. The predicted molar refractivity (Wildman–Crippen MR) is 90.8 cm³/mol. The van der Waals surface area contributed by atoms with Gasteiger partial charge in [0.05, 0.1) is 0 Å². The second-order valence-electron chi connectivity index (χ2n) is 5.38. The fraction of sp³-hybridized carbons (Fsp3) is 0.438. The summed E-state index contributed by atoms with van der Waals surface area (Å²) in [6.07, 6.45) is 5.27. The minimum absolute atomic E-state index is 0.582. The number of aliphatic imine (C=N–C) groups is 1. The molecule has 21 heavy (non-hydrogen) atoms. The van der Waals surface area contributed by atoms with E-state index in [4.69, 9.17) is 0 Å². The summed E-state index contributed by atoms with van der Waals surface area (Å²) in [5.74, 6) is 1.44. The van der Waals surface area contributed by atoms with Gasteiger partial charge in [-0.1, -0.05) is 13.0 Å². The Morgan fingerprint density at radius 2 is 2.24 bits per heavy atom. The summed E-state index contributed by atoms with van der Waals surface area (Å²) < 4.78 is 2.05. The molecular formula is C16H24N4S. The fourth-order valence-electron chi connectivity index (χ4n) is 2.19. The largest absolute Gasteiger partial charge is 0.357 e. The minimum Gasteiger partial charge on any atom is -0.357 e. The number of guanidine groups is 1. The summed E-state index contributed by atoms with van der Waals surface area (Å²) >= 11 is 1.83. The molecule has 1 atom stereocenters. The number of aromatic nitrogens is 1. The van der Waals surface area contributed by atoms with E-state index in [0.717, 1.165) is 25.5 Å². The van der Waals surface area contributed by atoms with E-state index >= 15 is 0 Å². The zero-order valence-corrected chi connectivity index (χ0v) is 13.8. The third-order valence-electron chi connectivity index (χ3n) is 3.32. The number of hydrogen-bond acceptors (Lipinski definition) is 2. The summed E-state index contributed by atoms with van der Waals surface area (Å²) in [5, 5.41) is 8.87. The molecule has 0 aliphatic carbocycles. The summed E-state index contributed by atoms with van der Waals surface area (Å²) in [6, 6.07) is 6.42. The smallest absolute Gasteiger partial charge is 0.191 e. The topological polar surface area (TPSA) is 41.4 Å². The third kappa shape index (κ3) is 5.27. The Kier molecular flexibility index (Phi) is 5.87. The molecule has 5 heteroatoms. The molecule has 0 fully saturated rings. The maximum Gasteiger partial charge on any atom is 0.191 e. The molecule has 2 N–H and O–H groups in total. The molecule has 0 aliphatic rings. The molecule has 2 aromatic rings. The van der Waals surface area contributed by atoms with Gasteiger partial charge >= 0.3 is 0 Å². The Balaban J connectivity index is 1.72. The Bertz CT molecular complexity index is 557. The molecule has 0 saturated carbocycles. The minimum atomic E-state index is 0.582. The van der Waals surface area contributed by atoms with Gasteiger partial charge in [-0.15, -0.1) is 11.3 Å². The Labute approximate surface area is 130 Å². The highest BCUT2D eigenvalue weighted by Crippen LogP contribution is 2.13. The van der Waals surface area contributed by atoms with Crippen molar-refractivity contribution < 1.29 is 0 Å². The van der Waals surface area contributed by atoms with Crippen molar-refractivity contribution >= 4 is 17.3 Å². The van der Waals surface area contributed by atoms with E-state index in [9.17, 15) is 0 Å². The van der Waals surface area contributed by atoms with E-state index in [-0.39, 0.29) is 0 Å². The molecule has 0 spiro atoms. The van der Waals surface area contributed by atoms with Crippen LogP contribution in [0.1, 0.15) is 17.4 Å². The van der Waals surface area contributed by atoms with Crippen LogP contribution < -0.4 is 10.6 Å². The van der Waals surface area contributed by atoms with E-state index in [1.165, 1.54) is 10.4 Å². The highest BCUT2D eigenvalue weighted by atomic mass is 32.1. The van der Waals surface area contributed by atoms with Crippen molar-refractivity contribution in [2.75, 3.05) is 13.6 Å². The fourth-order valence-corrected chi connectivity index (χ4v) is 3.06. The zero-order chi connectivity index (χ0) is 15.1. The molecule has 1 unspecified atom stereocenters. The van der Waals surface area contributed by atoms with Crippen LogP contribution in [0.2, 0.25) is 0 Å². The lowest BCUT2D eigenvalue weighted by Gasteiger charge is -2.15. The quantitative estimate of drug-likeness (QED) is 0.636. The molecule has 0 radical (unpaired) electrons. The summed E-state index contributed by atoms with van der Waals surface area (Å²) in [4.78, 5) is 5.71. The van der Waals surface area contributed by atoms with E-state index in [0.29, 0.717) is 5.92 Å². The molecule has 2 rings (SSSR count). The Hall–Kier alpha value is -1.75. The third-order valence-corrected chi connectivity index (χ3v) is 4.22. The van der Waals surface area contributed by atoms with Gasteiger partial charge in [-0.3, -0.25) is 4.99 Å². The molecule has 0 bridgehead atoms. The lowest BCUT2D eigenvalue weighted by molar-refractivity contribution is 0.562. The van der Waals surface area contributed by atoms with Gasteiger partial charge in [0.1, 0.15) is 0 Å². The average Bonchev–Trinajstić information content (AvgIpc) is 3.11. The lowest BCUT2D eigenvalue weighted by atomic mass is 10.1. The van der Waals surface area contributed by atoms with Crippen LogP contribution in [0.3, 0.4) is 0 Å². The van der Waals surface area contributed by atoms with Crippen LogP contribution in [0, 0.1) is 5.92 Å². The molecule has 4 nitrogen and oxygen atoms in total. The molecule has 2 heterocycles. The highest BCUT2D eigenvalue weighted by Gasteiger charge is 2.06. The predicted octanol–water partition coefficient (Wildman–Crippen LogP) is 2.63. The molecule has 0 aromatic carbocycles. The summed E-state index contributed by atoms with van der Waals surface area (Å²) in [7, 11) is 3.84. The maximum atomic E-state index is 4.27. The highest BCUT2D eigenvalue weighted by molar-refractivity contribution is 7.09. The van der Waals surface area contributed by atoms with E-state index in [1.807, 2.05) is 25.4 Å². The Morgan fingerprint density at radius 1 is 1.38 bits per heavy atom. The first-order chi connectivity index (χ1) is 10.2. The first-order valence-corrected chi connectivity index (χ1v) is 8.13. The Morgan fingerprint density at radius 3 is 2.86 bits per heavy atom.